The maximum atomic E-state index is 5.59. The lowest BCUT2D eigenvalue weighted by Crippen LogP contribution is -2.39. The third-order valence-electron chi connectivity index (χ3n) is 3.60. The van der Waals surface area contributed by atoms with E-state index in [2.05, 4.69) is 47.7 Å². The van der Waals surface area contributed by atoms with Crippen molar-refractivity contribution in [2.45, 2.75) is 33.2 Å². The number of nitrogens with one attached hydrogen (secondary N) is 1. The third kappa shape index (κ3) is 3.14. The molecule has 4 heteroatoms. The summed E-state index contributed by atoms with van der Waals surface area (Å²) in [7, 11) is 0. The summed E-state index contributed by atoms with van der Waals surface area (Å²) in [5, 5.41) is 3.53. The smallest absolute Gasteiger partial charge is 0.137 e. The van der Waals surface area contributed by atoms with Crippen molar-refractivity contribution >= 4 is 5.65 Å². The van der Waals surface area contributed by atoms with Gasteiger partial charge < -0.3 is 15.5 Å². The monoisotopic (exact) mass is 260 g/mol. The van der Waals surface area contributed by atoms with E-state index >= 15 is 0 Å². The molecule has 0 amide bonds. The fourth-order valence-electron chi connectivity index (χ4n) is 2.43. The maximum Gasteiger partial charge on any atom is 0.137 e. The molecule has 0 bridgehead atoms. The number of fused-ring (bicyclic) bond motifs is 1. The second-order valence-corrected chi connectivity index (χ2v) is 5.37. The number of imidazole rings is 1. The van der Waals surface area contributed by atoms with Gasteiger partial charge in [-0.1, -0.05) is 19.9 Å². The van der Waals surface area contributed by atoms with Gasteiger partial charge >= 0.3 is 0 Å². The van der Waals surface area contributed by atoms with Crippen LogP contribution in [0.1, 0.15) is 25.2 Å². The molecule has 0 aliphatic carbocycles. The second-order valence-electron chi connectivity index (χ2n) is 5.37. The largest absolute Gasteiger partial charge is 0.329 e. The molecule has 0 aliphatic rings. The number of rotatable bonds is 6. The number of nitrogens with two attached hydrogens (primary N) is 1. The maximum absolute atomic E-state index is 5.59. The Kier molecular flexibility index (Phi) is 4.56. The van der Waals surface area contributed by atoms with Gasteiger partial charge in [0, 0.05) is 37.4 Å². The number of aryl methyl sites for hydroxylation is 1. The van der Waals surface area contributed by atoms with Crippen molar-refractivity contribution in [2.75, 3.05) is 13.1 Å². The van der Waals surface area contributed by atoms with Crippen LogP contribution in [-0.4, -0.2) is 28.5 Å². The van der Waals surface area contributed by atoms with E-state index in [0.717, 1.165) is 24.3 Å². The molecule has 19 heavy (non-hydrogen) atoms. The second kappa shape index (κ2) is 6.17. The average Bonchev–Trinajstić information content (AvgIpc) is 2.70. The zero-order valence-corrected chi connectivity index (χ0v) is 12.1. The number of pyridine rings is 1. The molecule has 1 atom stereocenters. The summed E-state index contributed by atoms with van der Waals surface area (Å²) < 4.78 is 2.19. The minimum atomic E-state index is 0.433. The van der Waals surface area contributed by atoms with E-state index in [1.807, 2.05) is 12.1 Å². The summed E-state index contributed by atoms with van der Waals surface area (Å²) >= 11 is 0. The number of hydrogen-bond acceptors (Lipinski definition) is 3. The molecule has 1 unspecified atom stereocenters. The molecule has 0 fully saturated rings. The van der Waals surface area contributed by atoms with E-state index in [0.29, 0.717) is 18.5 Å². The van der Waals surface area contributed by atoms with Gasteiger partial charge in [-0.25, -0.2) is 4.98 Å². The molecule has 104 valence electrons. The van der Waals surface area contributed by atoms with Crippen molar-refractivity contribution in [1.82, 2.24) is 14.7 Å². The molecule has 0 radical (unpaired) electrons. The van der Waals surface area contributed by atoms with Gasteiger partial charge in [-0.15, -0.1) is 0 Å². The fraction of sp³-hybridized carbons (Fsp3) is 0.533. The highest BCUT2D eigenvalue weighted by molar-refractivity contribution is 5.43. The van der Waals surface area contributed by atoms with Crippen LogP contribution < -0.4 is 11.1 Å². The first-order valence-electron chi connectivity index (χ1n) is 6.99. The quantitative estimate of drug-likeness (QED) is 0.832. The highest BCUT2D eigenvalue weighted by Crippen LogP contribution is 2.16. The molecule has 0 saturated heterocycles. The summed E-state index contributed by atoms with van der Waals surface area (Å²) in [6, 6.07) is 6.56. The van der Waals surface area contributed by atoms with Crippen molar-refractivity contribution in [3.63, 3.8) is 0 Å². The van der Waals surface area contributed by atoms with Crippen LogP contribution >= 0.6 is 0 Å². The molecule has 0 saturated carbocycles. The SMILES string of the molecule is Cc1nc2ccccn2c1CC(NCCN)C(C)C. The standard InChI is InChI=1S/C15H24N4/c1-11(2)13(17-8-7-16)10-14-12(3)18-15-6-4-5-9-19(14)15/h4-6,9,11,13,17H,7-8,10,16H2,1-3H3. The van der Waals surface area contributed by atoms with E-state index in [1.165, 1.54) is 5.69 Å². The van der Waals surface area contributed by atoms with Gasteiger partial charge in [-0.05, 0) is 25.0 Å². The van der Waals surface area contributed by atoms with Crippen molar-refractivity contribution in [3.05, 3.63) is 35.8 Å². The van der Waals surface area contributed by atoms with Gasteiger partial charge in [0.25, 0.3) is 0 Å². The lowest BCUT2D eigenvalue weighted by molar-refractivity contribution is 0.397. The predicted molar refractivity (Wildman–Crippen MR) is 79.3 cm³/mol. The van der Waals surface area contributed by atoms with E-state index in [-0.39, 0.29) is 0 Å². The van der Waals surface area contributed by atoms with Gasteiger partial charge in [-0.2, -0.15) is 0 Å². The topological polar surface area (TPSA) is 55.3 Å². The van der Waals surface area contributed by atoms with Crippen LogP contribution in [0.5, 0.6) is 0 Å². The molecule has 4 nitrogen and oxygen atoms in total. The Labute approximate surface area is 115 Å². The lowest BCUT2D eigenvalue weighted by atomic mass is 9.98. The van der Waals surface area contributed by atoms with Crippen LogP contribution in [0.25, 0.3) is 5.65 Å². The van der Waals surface area contributed by atoms with Crippen LogP contribution in [0, 0.1) is 12.8 Å². The molecule has 2 rings (SSSR count). The van der Waals surface area contributed by atoms with Crippen LogP contribution in [0.4, 0.5) is 0 Å². The molecule has 0 aliphatic heterocycles. The van der Waals surface area contributed by atoms with Crippen LogP contribution in [0.3, 0.4) is 0 Å². The molecule has 0 aromatic carbocycles. The first-order chi connectivity index (χ1) is 9.13. The van der Waals surface area contributed by atoms with Crippen LogP contribution in [0.15, 0.2) is 24.4 Å². The molecule has 2 heterocycles. The fourth-order valence-corrected chi connectivity index (χ4v) is 2.43. The summed E-state index contributed by atoms with van der Waals surface area (Å²) in [5.74, 6) is 0.570. The normalized spacial score (nSPS) is 13.3. The number of aromatic nitrogens is 2. The average molecular weight is 260 g/mol. The van der Waals surface area contributed by atoms with Crippen molar-refractivity contribution in [3.8, 4) is 0 Å². The molecular formula is C15H24N4. The Morgan fingerprint density at radius 3 is 2.84 bits per heavy atom. The molecule has 3 N–H and O–H groups in total. The minimum absolute atomic E-state index is 0.433. The molecule has 2 aromatic heterocycles. The highest BCUT2D eigenvalue weighted by atomic mass is 15.0. The Morgan fingerprint density at radius 2 is 2.16 bits per heavy atom. The number of nitrogens with zero attached hydrogens (tertiary/aromatic N) is 2. The minimum Gasteiger partial charge on any atom is -0.329 e. The van der Waals surface area contributed by atoms with Crippen molar-refractivity contribution in [2.24, 2.45) is 11.7 Å². The Morgan fingerprint density at radius 1 is 1.37 bits per heavy atom. The predicted octanol–water partition coefficient (Wildman–Crippen LogP) is 1.76. The Bertz CT molecular complexity index is 530. The van der Waals surface area contributed by atoms with Gasteiger partial charge in [-0.3, -0.25) is 0 Å². The van der Waals surface area contributed by atoms with E-state index in [9.17, 15) is 0 Å². The molecule has 0 spiro atoms. The lowest BCUT2D eigenvalue weighted by Gasteiger charge is -2.22. The number of hydrogen-bond donors (Lipinski definition) is 2. The van der Waals surface area contributed by atoms with Gasteiger partial charge in [0.2, 0.25) is 0 Å². The van der Waals surface area contributed by atoms with Gasteiger partial charge in [0.1, 0.15) is 5.65 Å². The highest BCUT2D eigenvalue weighted by Gasteiger charge is 2.17. The zero-order chi connectivity index (χ0) is 13.8. The van der Waals surface area contributed by atoms with Crippen LogP contribution in [-0.2, 0) is 6.42 Å². The first-order valence-corrected chi connectivity index (χ1v) is 6.99. The summed E-state index contributed by atoms with van der Waals surface area (Å²) in [6.07, 6.45) is 3.07. The van der Waals surface area contributed by atoms with Crippen LogP contribution in [0.2, 0.25) is 0 Å². The molecule has 2 aromatic rings. The van der Waals surface area contributed by atoms with Crippen molar-refractivity contribution in [1.29, 1.82) is 0 Å². The van der Waals surface area contributed by atoms with Gasteiger partial charge in [0.05, 0.1) is 5.69 Å². The first kappa shape index (κ1) is 14.0. The van der Waals surface area contributed by atoms with E-state index < -0.39 is 0 Å². The summed E-state index contributed by atoms with van der Waals surface area (Å²) in [6.45, 7) is 8.11. The molecular weight excluding hydrogens is 236 g/mol. The zero-order valence-electron chi connectivity index (χ0n) is 12.1. The van der Waals surface area contributed by atoms with Crippen molar-refractivity contribution < 1.29 is 0 Å². The Balaban J connectivity index is 2.25. The van der Waals surface area contributed by atoms with E-state index in [1.54, 1.807) is 0 Å². The van der Waals surface area contributed by atoms with Gasteiger partial charge in [0.15, 0.2) is 0 Å². The van der Waals surface area contributed by atoms with E-state index in [4.69, 9.17) is 5.73 Å². The third-order valence-corrected chi connectivity index (χ3v) is 3.60. The summed E-state index contributed by atoms with van der Waals surface area (Å²) in [5.41, 5.74) is 9.02. The Hall–Kier alpha value is -1.39. The summed E-state index contributed by atoms with van der Waals surface area (Å²) in [4.78, 5) is 4.62.